The number of pyridine rings is 1. The molecule has 1 N–H and O–H groups in total. The van der Waals surface area contributed by atoms with Gasteiger partial charge in [-0.15, -0.1) is 0 Å². The lowest BCUT2D eigenvalue weighted by Crippen LogP contribution is -2.11. The molecule has 0 aliphatic heterocycles. The second-order valence-electron chi connectivity index (χ2n) is 3.58. The summed E-state index contributed by atoms with van der Waals surface area (Å²) in [7, 11) is 0. The van der Waals surface area contributed by atoms with E-state index in [4.69, 9.17) is 4.42 Å². The third-order valence-electron chi connectivity index (χ3n) is 2.12. The maximum absolute atomic E-state index is 11.7. The van der Waals surface area contributed by atoms with E-state index in [1.165, 1.54) is 0 Å². The lowest BCUT2D eigenvalue weighted by atomic mass is 10.3. The number of hydrogen-bond acceptors (Lipinski definition) is 3. The number of furan rings is 1. The van der Waals surface area contributed by atoms with E-state index in [-0.39, 0.29) is 5.91 Å². The quantitative estimate of drug-likeness (QED) is 0.839. The van der Waals surface area contributed by atoms with Crippen molar-refractivity contribution in [3.63, 3.8) is 0 Å². The Morgan fingerprint density at radius 2 is 2.12 bits per heavy atom. The lowest BCUT2D eigenvalue weighted by Gasteiger charge is -2.02. The largest absolute Gasteiger partial charge is 0.456 e. The molecule has 2 heterocycles. The summed E-state index contributed by atoms with van der Waals surface area (Å²) in [6, 6.07) is 7.06. The first-order valence-electron chi connectivity index (χ1n) is 4.95. The Labute approximate surface area is 93.3 Å². The third kappa shape index (κ3) is 2.28. The third-order valence-corrected chi connectivity index (χ3v) is 2.12. The average Bonchev–Trinajstić information content (AvgIpc) is 2.65. The Morgan fingerprint density at radius 1 is 1.31 bits per heavy atom. The Bertz CT molecular complexity index is 517. The van der Waals surface area contributed by atoms with Crippen LogP contribution in [0.15, 0.2) is 34.9 Å². The molecule has 16 heavy (non-hydrogen) atoms. The summed E-state index contributed by atoms with van der Waals surface area (Å²) in [5, 5.41) is 2.67. The minimum Gasteiger partial charge on any atom is -0.456 e. The summed E-state index contributed by atoms with van der Waals surface area (Å²) in [6.45, 7) is 3.73. The highest BCUT2D eigenvalue weighted by molar-refractivity contribution is 6.01. The zero-order valence-electron chi connectivity index (χ0n) is 9.15. The zero-order valence-corrected chi connectivity index (χ0v) is 9.15. The summed E-state index contributed by atoms with van der Waals surface area (Å²) >= 11 is 0. The molecule has 4 heteroatoms. The van der Waals surface area contributed by atoms with Crippen molar-refractivity contribution < 1.29 is 9.21 Å². The van der Waals surface area contributed by atoms with Crippen LogP contribution in [-0.4, -0.2) is 10.9 Å². The predicted octanol–water partition coefficient (Wildman–Crippen LogP) is 2.54. The number of carbonyl (C=O) groups excluding carboxylic acids is 1. The van der Waals surface area contributed by atoms with Crippen molar-refractivity contribution in [3.8, 4) is 0 Å². The molecule has 0 aliphatic carbocycles. The van der Waals surface area contributed by atoms with Gasteiger partial charge in [0.2, 0.25) is 0 Å². The molecule has 82 valence electrons. The van der Waals surface area contributed by atoms with E-state index in [0.717, 1.165) is 5.56 Å². The molecule has 4 nitrogen and oxygen atoms in total. The first-order chi connectivity index (χ1) is 7.65. The number of aromatic nitrogens is 1. The molecular formula is C12H12N2O2. The number of nitrogens with zero attached hydrogens (tertiary/aromatic N) is 1. The zero-order chi connectivity index (χ0) is 11.5. The van der Waals surface area contributed by atoms with Gasteiger partial charge in [-0.05, 0) is 43.7 Å². The van der Waals surface area contributed by atoms with Crippen LogP contribution in [0.3, 0.4) is 0 Å². The summed E-state index contributed by atoms with van der Waals surface area (Å²) < 4.78 is 5.21. The monoisotopic (exact) mass is 216 g/mol. The van der Waals surface area contributed by atoms with Crippen LogP contribution in [0.5, 0.6) is 0 Å². The van der Waals surface area contributed by atoms with E-state index in [2.05, 4.69) is 10.3 Å². The molecule has 0 atom stereocenters. The summed E-state index contributed by atoms with van der Waals surface area (Å²) in [5.74, 6) is 1.24. The predicted molar refractivity (Wildman–Crippen MR) is 60.4 cm³/mol. The van der Waals surface area contributed by atoms with Crippen LogP contribution in [0.25, 0.3) is 0 Å². The topological polar surface area (TPSA) is 55.1 Å². The number of hydrogen-bond donors (Lipinski definition) is 1. The fourth-order valence-corrected chi connectivity index (χ4v) is 1.34. The molecule has 1 amide bonds. The van der Waals surface area contributed by atoms with Gasteiger partial charge in [0.1, 0.15) is 11.6 Å². The molecule has 0 spiro atoms. The Morgan fingerprint density at radius 3 is 2.75 bits per heavy atom. The number of nitrogens with one attached hydrogen (secondary N) is 1. The highest BCUT2D eigenvalue weighted by Crippen LogP contribution is 2.10. The molecular weight excluding hydrogens is 204 g/mol. The van der Waals surface area contributed by atoms with Crippen LogP contribution >= 0.6 is 0 Å². The number of amides is 1. The molecule has 0 saturated heterocycles. The van der Waals surface area contributed by atoms with Gasteiger partial charge < -0.3 is 9.73 Å². The van der Waals surface area contributed by atoms with Gasteiger partial charge in [0.05, 0.1) is 0 Å². The van der Waals surface area contributed by atoms with Crippen LogP contribution in [0.1, 0.15) is 21.9 Å². The van der Waals surface area contributed by atoms with Crippen molar-refractivity contribution in [1.82, 2.24) is 4.98 Å². The fraction of sp³-hybridized carbons (Fsp3) is 0.167. The Kier molecular flexibility index (Phi) is 2.72. The number of carbonyl (C=O) groups is 1. The van der Waals surface area contributed by atoms with E-state index < -0.39 is 0 Å². The Balaban J connectivity index is 2.13. The van der Waals surface area contributed by atoms with Crippen LogP contribution in [-0.2, 0) is 0 Å². The molecule has 0 fully saturated rings. The number of aryl methyl sites for hydroxylation is 2. The summed E-state index contributed by atoms with van der Waals surface area (Å²) in [5.41, 5.74) is 1.04. The molecule has 0 unspecified atom stereocenters. The van der Waals surface area contributed by atoms with Gasteiger partial charge in [0, 0.05) is 6.20 Å². The molecule has 2 rings (SSSR count). The standard InChI is InChI=1S/C12H12N2O2/c1-8-5-6-13-11(7-8)14-12(15)10-4-3-9(2)16-10/h3-7H,1-2H3,(H,13,14,15). The Hall–Kier alpha value is -2.10. The average molecular weight is 216 g/mol. The lowest BCUT2D eigenvalue weighted by molar-refractivity contribution is 0.0995. The van der Waals surface area contributed by atoms with Crippen molar-refractivity contribution in [3.05, 3.63) is 47.5 Å². The van der Waals surface area contributed by atoms with Gasteiger partial charge in [-0.3, -0.25) is 4.79 Å². The number of rotatable bonds is 2. The van der Waals surface area contributed by atoms with E-state index in [9.17, 15) is 4.79 Å². The molecule has 0 radical (unpaired) electrons. The van der Waals surface area contributed by atoms with Crippen LogP contribution in [0, 0.1) is 13.8 Å². The van der Waals surface area contributed by atoms with Gasteiger partial charge in [0.15, 0.2) is 5.76 Å². The van der Waals surface area contributed by atoms with Gasteiger partial charge >= 0.3 is 0 Å². The summed E-state index contributed by atoms with van der Waals surface area (Å²) in [6.07, 6.45) is 1.65. The summed E-state index contributed by atoms with van der Waals surface area (Å²) in [4.78, 5) is 15.7. The van der Waals surface area contributed by atoms with Crippen molar-refractivity contribution in [1.29, 1.82) is 0 Å². The second-order valence-corrected chi connectivity index (χ2v) is 3.58. The van der Waals surface area contributed by atoms with Gasteiger partial charge in [-0.2, -0.15) is 0 Å². The van der Waals surface area contributed by atoms with Crippen molar-refractivity contribution in [2.75, 3.05) is 5.32 Å². The first kappa shape index (κ1) is 10.4. The van der Waals surface area contributed by atoms with E-state index >= 15 is 0 Å². The highest BCUT2D eigenvalue weighted by atomic mass is 16.3. The number of anilines is 1. The van der Waals surface area contributed by atoms with Crippen molar-refractivity contribution in [2.45, 2.75) is 13.8 Å². The molecule has 2 aromatic rings. The van der Waals surface area contributed by atoms with Gasteiger partial charge in [-0.25, -0.2) is 4.98 Å². The molecule has 2 aromatic heterocycles. The van der Waals surface area contributed by atoms with E-state index in [1.807, 2.05) is 13.0 Å². The van der Waals surface area contributed by atoms with Crippen LogP contribution in [0.2, 0.25) is 0 Å². The minimum atomic E-state index is -0.286. The molecule has 0 bridgehead atoms. The van der Waals surface area contributed by atoms with Crippen LogP contribution < -0.4 is 5.32 Å². The molecule has 0 saturated carbocycles. The van der Waals surface area contributed by atoms with Gasteiger partial charge in [0.25, 0.3) is 5.91 Å². The second kappa shape index (κ2) is 4.18. The first-order valence-corrected chi connectivity index (χ1v) is 4.95. The van der Waals surface area contributed by atoms with Crippen molar-refractivity contribution >= 4 is 11.7 Å². The van der Waals surface area contributed by atoms with E-state index in [0.29, 0.717) is 17.3 Å². The van der Waals surface area contributed by atoms with Crippen molar-refractivity contribution in [2.24, 2.45) is 0 Å². The van der Waals surface area contributed by atoms with Crippen LogP contribution in [0.4, 0.5) is 5.82 Å². The highest BCUT2D eigenvalue weighted by Gasteiger charge is 2.10. The minimum absolute atomic E-state index is 0.286. The molecule has 0 aliphatic rings. The normalized spacial score (nSPS) is 10.1. The van der Waals surface area contributed by atoms with Gasteiger partial charge in [-0.1, -0.05) is 0 Å². The smallest absolute Gasteiger partial charge is 0.292 e. The SMILES string of the molecule is Cc1ccnc(NC(=O)c2ccc(C)o2)c1. The fourth-order valence-electron chi connectivity index (χ4n) is 1.34. The van der Waals surface area contributed by atoms with E-state index in [1.54, 1.807) is 31.3 Å². The molecule has 0 aromatic carbocycles. The maximum Gasteiger partial charge on any atom is 0.292 e. The maximum atomic E-state index is 11.7.